The molecule has 1 N–H and O–H groups in total. The normalized spacial score (nSPS) is 11.1. The van der Waals surface area contributed by atoms with Gasteiger partial charge in [0.15, 0.2) is 6.29 Å². The molecule has 0 aliphatic carbocycles. The van der Waals surface area contributed by atoms with Crippen LogP contribution in [-0.4, -0.2) is 31.5 Å². The Morgan fingerprint density at radius 2 is 1.75 bits per heavy atom. The van der Waals surface area contributed by atoms with Crippen LogP contribution in [0.1, 0.15) is 47.0 Å². The fourth-order valence-electron chi connectivity index (χ4n) is 1.41. The minimum atomic E-state index is -0.165. The molecule has 0 aliphatic heterocycles. The van der Waals surface area contributed by atoms with Crippen molar-refractivity contribution in [1.29, 1.82) is 0 Å². The molecular formula is C12H25NO3. The van der Waals surface area contributed by atoms with Crippen molar-refractivity contribution >= 4 is 5.91 Å². The molecule has 0 bridgehead atoms. The van der Waals surface area contributed by atoms with Gasteiger partial charge in [-0.2, -0.15) is 0 Å². The number of hydrogen-bond acceptors (Lipinski definition) is 3. The summed E-state index contributed by atoms with van der Waals surface area (Å²) in [5.41, 5.74) is 0. The molecule has 1 amide bonds. The summed E-state index contributed by atoms with van der Waals surface area (Å²) in [6, 6.07) is 0.210. The number of nitrogens with one attached hydrogen (secondary N) is 1. The minimum absolute atomic E-state index is 0.0988. The Balaban J connectivity index is 3.63. The van der Waals surface area contributed by atoms with Gasteiger partial charge in [0, 0.05) is 25.7 Å². The first-order valence-electron chi connectivity index (χ1n) is 6.12. The van der Waals surface area contributed by atoms with Crippen molar-refractivity contribution in [3.8, 4) is 0 Å². The van der Waals surface area contributed by atoms with E-state index in [1.807, 2.05) is 27.7 Å². The topological polar surface area (TPSA) is 47.6 Å². The maximum absolute atomic E-state index is 11.4. The van der Waals surface area contributed by atoms with Gasteiger partial charge in [-0.15, -0.1) is 0 Å². The monoisotopic (exact) mass is 231 g/mol. The molecule has 0 rings (SSSR count). The molecule has 0 spiro atoms. The lowest BCUT2D eigenvalue weighted by Crippen LogP contribution is -2.30. The maximum atomic E-state index is 11.4. The van der Waals surface area contributed by atoms with Crippen molar-refractivity contribution in [2.75, 3.05) is 13.2 Å². The molecular weight excluding hydrogens is 206 g/mol. The number of carbonyl (C=O) groups excluding carboxylic acids is 1. The van der Waals surface area contributed by atoms with Crippen molar-refractivity contribution in [3.05, 3.63) is 0 Å². The molecule has 0 saturated carbocycles. The molecule has 0 atom stereocenters. The fraction of sp³-hybridized carbons (Fsp3) is 0.917. The fourth-order valence-corrected chi connectivity index (χ4v) is 1.41. The molecule has 0 saturated heterocycles. The third kappa shape index (κ3) is 8.68. The third-order valence-corrected chi connectivity index (χ3v) is 2.00. The average molecular weight is 231 g/mol. The first-order valence-corrected chi connectivity index (χ1v) is 6.12. The van der Waals surface area contributed by atoms with E-state index in [9.17, 15) is 4.79 Å². The largest absolute Gasteiger partial charge is 0.354 e. The van der Waals surface area contributed by atoms with E-state index >= 15 is 0 Å². The van der Waals surface area contributed by atoms with Crippen LogP contribution in [0.2, 0.25) is 0 Å². The summed E-state index contributed by atoms with van der Waals surface area (Å²) in [5.74, 6) is 0.0988. The van der Waals surface area contributed by atoms with Crippen LogP contribution >= 0.6 is 0 Å². The number of hydrogen-bond donors (Lipinski definition) is 1. The molecule has 16 heavy (non-hydrogen) atoms. The Morgan fingerprint density at radius 3 is 2.19 bits per heavy atom. The van der Waals surface area contributed by atoms with E-state index in [1.54, 1.807) is 0 Å². The first-order chi connectivity index (χ1) is 7.60. The Morgan fingerprint density at radius 1 is 1.19 bits per heavy atom. The van der Waals surface area contributed by atoms with Gasteiger partial charge in [-0.25, -0.2) is 0 Å². The number of ether oxygens (including phenoxy) is 2. The van der Waals surface area contributed by atoms with Gasteiger partial charge in [0.2, 0.25) is 5.91 Å². The van der Waals surface area contributed by atoms with Crippen LogP contribution in [0.15, 0.2) is 0 Å². The Hall–Kier alpha value is -0.610. The van der Waals surface area contributed by atoms with E-state index < -0.39 is 0 Å². The van der Waals surface area contributed by atoms with Gasteiger partial charge in [-0.3, -0.25) is 4.79 Å². The van der Waals surface area contributed by atoms with Crippen molar-refractivity contribution in [2.24, 2.45) is 0 Å². The molecule has 0 aromatic carbocycles. The van der Waals surface area contributed by atoms with E-state index in [-0.39, 0.29) is 18.2 Å². The molecule has 0 aromatic heterocycles. The van der Waals surface area contributed by atoms with Crippen molar-refractivity contribution in [3.63, 3.8) is 0 Å². The van der Waals surface area contributed by atoms with Crippen LogP contribution in [-0.2, 0) is 14.3 Å². The van der Waals surface area contributed by atoms with Crippen molar-refractivity contribution in [2.45, 2.75) is 59.3 Å². The lowest BCUT2D eigenvalue weighted by atomic mass is 10.2. The average Bonchev–Trinajstić information content (AvgIpc) is 2.17. The maximum Gasteiger partial charge on any atom is 0.220 e. The van der Waals surface area contributed by atoms with Gasteiger partial charge in [0.05, 0.1) is 0 Å². The van der Waals surface area contributed by atoms with E-state index in [1.165, 1.54) is 0 Å². The van der Waals surface area contributed by atoms with Gasteiger partial charge in [-0.05, 0) is 40.5 Å². The Labute approximate surface area is 98.7 Å². The minimum Gasteiger partial charge on any atom is -0.354 e. The summed E-state index contributed by atoms with van der Waals surface area (Å²) in [7, 11) is 0. The van der Waals surface area contributed by atoms with Gasteiger partial charge in [0.25, 0.3) is 0 Å². The van der Waals surface area contributed by atoms with Crippen LogP contribution in [0, 0.1) is 0 Å². The molecule has 0 unspecified atom stereocenters. The summed E-state index contributed by atoms with van der Waals surface area (Å²) >= 11 is 0. The molecule has 4 nitrogen and oxygen atoms in total. The standard InChI is InChI=1S/C12H25NO3/c1-5-15-12(16-6-2)9-7-8-11(14)13-10(3)4/h10,12H,5-9H2,1-4H3,(H,13,14). The molecule has 96 valence electrons. The summed E-state index contributed by atoms with van der Waals surface area (Å²) in [6.45, 7) is 9.09. The highest BCUT2D eigenvalue weighted by molar-refractivity contribution is 5.76. The molecule has 0 radical (unpaired) electrons. The summed E-state index contributed by atoms with van der Waals surface area (Å²) in [5, 5.41) is 2.86. The predicted molar refractivity (Wildman–Crippen MR) is 64.2 cm³/mol. The van der Waals surface area contributed by atoms with Gasteiger partial charge >= 0.3 is 0 Å². The van der Waals surface area contributed by atoms with Crippen molar-refractivity contribution in [1.82, 2.24) is 5.32 Å². The predicted octanol–water partition coefficient (Wildman–Crippen LogP) is 2.08. The second-order valence-corrected chi connectivity index (χ2v) is 3.95. The van der Waals surface area contributed by atoms with E-state index in [2.05, 4.69) is 5.32 Å². The SMILES string of the molecule is CCOC(CCCC(=O)NC(C)C)OCC. The van der Waals surface area contributed by atoms with E-state index in [0.29, 0.717) is 19.6 Å². The van der Waals surface area contributed by atoms with Gasteiger partial charge in [-0.1, -0.05) is 0 Å². The molecule has 0 heterocycles. The highest BCUT2D eigenvalue weighted by Gasteiger charge is 2.09. The summed E-state index contributed by atoms with van der Waals surface area (Å²) in [6.07, 6.45) is 1.94. The van der Waals surface area contributed by atoms with Gasteiger partial charge in [0.1, 0.15) is 0 Å². The van der Waals surface area contributed by atoms with Gasteiger partial charge < -0.3 is 14.8 Å². The highest BCUT2D eigenvalue weighted by atomic mass is 16.7. The zero-order chi connectivity index (χ0) is 12.4. The zero-order valence-electron chi connectivity index (χ0n) is 10.9. The zero-order valence-corrected chi connectivity index (χ0v) is 10.9. The van der Waals surface area contributed by atoms with Crippen LogP contribution in [0.4, 0.5) is 0 Å². The first kappa shape index (κ1) is 15.4. The molecule has 0 aliphatic rings. The lowest BCUT2D eigenvalue weighted by molar-refractivity contribution is -0.141. The van der Waals surface area contributed by atoms with Crippen LogP contribution in [0.3, 0.4) is 0 Å². The highest BCUT2D eigenvalue weighted by Crippen LogP contribution is 2.06. The Kier molecular flexibility index (Phi) is 9.24. The smallest absolute Gasteiger partial charge is 0.220 e. The molecule has 0 aromatic rings. The molecule has 4 heteroatoms. The van der Waals surface area contributed by atoms with Crippen LogP contribution < -0.4 is 5.32 Å². The number of amides is 1. The number of rotatable bonds is 9. The Bertz CT molecular complexity index is 177. The van der Waals surface area contributed by atoms with Crippen LogP contribution in [0.25, 0.3) is 0 Å². The summed E-state index contributed by atoms with van der Waals surface area (Å²) < 4.78 is 10.8. The van der Waals surface area contributed by atoms with E-state index in [4.69, 9.17) is 9.47 Å². The second kappa shape index (κ2) is 9.60. The molecule has 0 fully saturated rings. The quantitative estimate of drug-likeness (QED) is 0.618. The van der Waals surface area contributed by atoms with E-state index in [0.717, 1.165) is 12.8 Å². The van der Waals surface area contributed by atoms with Crippen molar-refractivity contribution < 1.29 is 14.3 Å². The number of carbonyl (C=O) groups is 1. The third-order valence-electron chi connectivity index (χ3n) is 2.00. The lowest BCUT2D eigenvalue weighted by Gasteiger charge is -2.16. The van der Waals surface area contributed by atoms with Crippen LogP contribution in [0.5, 0.6) is 0 Å². The second-order valence-electron chi connectivity index (χ2n) is 3.95. The summed E-state index contributed by atoms with van der Waals surface area (Å²) in [4.78, 5) is 11.4.